The van der Waals surface area contributed by atoms with Crippen LogP contribution >= 0.6 is 0 Å². The van der Waals surface area contributed by atoms with E-state index in [4.69, 9.17) is 4.74 Å². The maximum absolute atomic E-state index is 13.0. The van der Waals surface area contributed by atoms with Crippen molar-refractivity contribution in [3.8, 4) is 5.75 Å². The minimum absolute atomic E-state index is 0.130. The van der Waals surface area contributed by atoms with Gasteiger partial charge < -0.3 is 19.9 Å². The van der Waals surface area contributed by atoms with Gasteiger partial charge in [0.05, 0.1) is 7.11 Å². The van der Waals surface area contributed by atoms with Gasteiger partial charge in [0.2, 0.25) is 0 Å². The predicted octanol–water partition coefficient (Wildman–Crippen LogP) is 3.34. The van der Waals surface area contributed by atoms with Gasteiger partial charge in [-0.2, -0.15) is 0 Å². The number of halogens is 1. The summed E-state index contributed by atoms with van der Waals surface area (Å²) in [5.74, 6) is 0.513. The van der Waals surface area contributed by atoms with Crippen molar-refractivity contribution in [2.75, 3.05) is 38.2 Å². The molecule has 0 spiro atoms. The van der Waals surface area contributed by atoms with E-state index in [1.54, 1.807) is 30.3 Å². The summed E-state index contributed by atoms with van der Waals surface area (Å²) < 4.78 is 18.3. The van der Waals surface area contributed by atoms with Crippen molar-refractivity contribution >= 4 is 17.8 Å². The van der Waals surface area contributed by atoms with Gasteiger partial charge in [0.1, 0.15) is 11.6 Å². The molecule has 0 bridgehead atoms. The first-order chi connectivity index (χ1) is 12.7. The van der Waals surface area contributed by atoms with Gasteiger partial charge in [0, 0.05) is 43.6 Å². The van der Waals surface area contributed by atoms with Gasteiger partial charge >= 0.3 is 6.03 Å². The van der Waals surface area contributed by atoms with E-state index in [1.165, 1.54) is 12.1 Å². The lowest BCUT2D eigenvalue weighted by atomic mass is 10.2. The molecule has 0 aromatic heterocycles. The number of hydrogen-bond acceptors (Lipinski definition) is 3. The average Bonchev–Trinajstić information content (AvgIpc) is 2.69. The number of para-hydroxylation sites is 1. The topological polar surface area (TPSA) is 44.8 Å². The fourth-order valence-corrected chi connectivity index (χ4v) is 2.92. The first kappa shape index (κ1) is 17.8. The Morgan fingerprint density at radius 3 is 2.46 bits per heavy atom. The summed E-state index contributed by atoms with van der Waals surface area (Å²) in [6.07, 6.45) is 3.44. The summed E-state index contributed by atoms with van der Waals surface area (Å²) in [4.78, 5) is 16.2. The first-order valence-corrected chi connectivity index (χ1v) is 8.53. The molecule has 6 heteroatoms. The molecule has 0 atom stereocenters. The zero-order valence-electron chi connectivity index (χ0n) is 14.7. The predicted molar refractivity (Wildman–Crippen MR) is 101 cm³/mol. The van der Waals surface area contributed by atoms with Crippen LogP contribution in [0.15, 0.2) is 54.7 Å². The molecule has 2 aromatic rings. The van der Waals surface area contributed by atoms with Crippen LogP contribution < -0.4 is 15.0 Å². The van der Waals surface area contributed by atoms with E-state index in [0.717, 1.165) is 30.1 Å². The van der Waals surface area contributed by atoms with Gasteiger partial charge in [-0.15, -0.1) is 0 Å². The van der Waals surface area contributed by atoms with E-state index >= 15 is 0 Å². The lowest BCUT2D eigenvalue weighted by molar-refractivity contribution is 0.198. The van der Waals surface area contributed by atoms with E-state index in [-0.39, 0.29) is 11.8 Å². The van der Waals surface area contributed by atoms with Gasteiger partial charge in [-0.05, 0) is 36.4 Å². The summed E-state index contributed by atoms with van der Waals surface area (Å²) in [5, 5.41) is 2.80. The zero-order valence-corrected chi connectivity index (χ0v) is 14.7. The average molecular weight is 355 g/mol. The van der Waals surface area contributed by atoms with Crippen molar-refractivity contribution in [3.05, 3.63) is 66.1 Å². The number of carbonyl (C=O) groups excluding carboxylic acids is 1. The van der Waals surface area contributed by atoms with E-state index in [2.05, 4.69) is 10.2 Å². The molecule has 2 amide bonds. The number of carbonyl (C=O) groups is 1. The Balaban J connectivity index is 1.50. The van der Waals surface area contributed by atoms with Crippen molar-refractivity contribution in [2.45, 2.75) is 0 Å². The number of hydrogen-bond donors (Lipinski definition) is 1. The highest BCUT2D eigenvalue weighted by Crippen LogP contribution is 2.19. The molecule has 0 radical (unpaired) electrons. The molecule has 136 valence electrons. The van der Waals surface area contributed by atoms with Crippen LogP contribution in [0.2, 0.25) is 0 Å². The van der Waals surface area contributed by atoms with Gasteiger partial charge in [0.15, 0.2) is 0 Å². The van der Waals surface area contributed by atoms with E-state index < -0.39 is 0 Å². The zero-order chi connectivity index (χ0) is 18.4. The molecular weight excluding hydrogens is 333 g/mol. The van der Waals surface area contributed by atoms with E-state index in [1.807, 2.05) is 30.3 Å². The second kappa shape index (κ2) is 8.38. The molecule has 2 aromatic carbocycles. The van der Waals surface area contributed by atoms with Crippen molar-refractivity contribution in [3.63, 3.8) is 0 Å². The van der Waals surface area contributed by atoms with Crippen LogP contribution in [-0.2, 0) is 0 Å². The monoisotopic (exact) mass is 355 g/mol. The number of anilines is 1. The summed E-state index contributed by atoms with van der Waals surface area (Å²) >= 11 is 0. The van der Waals surface area contributed by atoms with Crippen LogP contribution in [-0.4, -0.2) is 44.2 Å². The molecule has 26 heavy (non-hydrogen) atoms. The molecule has 0 saturated carbocycles. The standard InChI is InChI=1S/C20H22FN3O2/c1-26-19-5-3-2-4-16(19)10-11-22-20(25)24-14-12-23(13-15-24)18-8-6-17(21)7-9-18/h2-11H,12-15H2,1H3,(H,22,25)/b11-10+. The largest absolute Gasteiger partial charge is 0.496 e. The molecule has 1 heterocycles. The van der Waals surface area contributed by atoms with Crippen LogP contribution in [0, 0.1) is 5.82 Å². The third-order valence-electron chi connectivity index (χ3n) is 4.37. The molecule has 5 nitrogen and oxygen atoms in total. The van der Waals surface area contributed by atoms with Crippen LogP contribution in [0.3, 0.4) is 0 Å². The number of piperazine rings is 1. The Bertz CT molecular complexity index is 769. The smallest absolute Gasteiger partial charge is 0.321 e. The summed E-state index contributed by atoms with van der Waals surface area (Å²) in [6.45, 7) is 2.67. The maximum Gasteiger partial charge on any atom is 0.321 e. The van der Waals surface area contributed by atoms with Gasteiger partial charge in [-0.3, -0.25) is 0 Å². The Hall–Kier alpha value is -3.02. The minimum atomic E-state index is -0.242. The van der Waals surface area contributed by atoms with Crippen LogP contribution in [0.1, 0.15) is 5.56 Å². The number of nitrogens with one attached hydrogen (secondary N) is 1. The lowest BCUT2D eigenvalue weighted by Crippen LogP contribution is -2.51. The number of nitrogens with zero attached hydrogens (tertiary/aromatic N) is 2. The van der Waals surface area contributed by atoms with Crippen molar-refractivity contribution in [1.29, 1.82) is 0 Å². The summed E-state index contributed by atoms with van der Waals surface area (Å²) in [7, 11) is 1.62. The highest BCUT2D eigenvalue weighted by Gasteiger charge is 2.20. The fourth-order valence-electron chi connectivity index (χ4n) is 2.92. The number of benzene rings is 2. The fraction of sp³-hybridized carbons (Fsp3) is 0.250. The molecule has 3 rings (SSSR count). The molecule has 1 aliphatic heterocycles. The van der Waals surface area contributed by atoms with Crippen molar-refractivity contribution in [1.82, 2.24) is 10.2 Å². The van der Waals surface area contributed by atoms with Gasteiger partial charge in [0.25, 0.3) is 0 Å². The second-order valence-corrected chi connectivity index (χ2v) is 5.98. The number of amides is 2. The van der Waals surface area contributed by atoms with Gasteiger partial charge in [-0.25, -0.2) is 9.18 Å². The number of rotatable bonds is 4. The Kier molecular flexibility index (Phi) is 5.73. The number of methoxy groups -OCH3 is 1. The van der Waals surface area contributed by atoms with Crippen LogP contribution in [0.5, 0.6) is 5.75 Å². The maximum atomic E-state index is 13.0. The Morgan fingerprint density at radius 2 is 1.77 bits per heavy atom. The molecule has 0 unspecified atom stereocenters. The number of urea groups is 1. The third kappa shape index (κ3) is 4.33. The van der Waals surface area contributed by atoms with E-state index in [0.29, 0.717) is 13.1 Å². The SMILES string of the molecule is COc1ccccc1/C=C/NC(=O)N1CCN(c2ccc(F)cc2)CC1. The second-order valence-electron chi connectivity index (χ2n) is 5.98. The molecule has 0 aliphatic carbocycles. The highest BCUT2D eigenvalue weighted by atomic mass is 19.1. The number of ether oxygens (including phenoxy) is 1. The Labute approximate surface area is 152 Å². The van der Waals surface area contributed by atoms with Crippen molar-refractivity contribution in [2.24, 2.45) is 0 Å². The molecular formula is C20H22FN3O2. The van der Waals surface area contributed by atoms with Crippen molar-refractivity contribution < 1.29 is 13.9 Å². The first-order valence-electron chi connectivity index (χ1n) is 8.53. The molecule has 1 fully saturated rings. The van der Waals surface area contributed by atoms with Gasteiger partial charge in [-0.1, -0.05) is 18.2 Å². The normalized spacial score (nSPS) is 14.5. The Morgan fingerprint density at radius 1 is 1.08 bits per heavy atom. The molecule has 1 saturated heterocycles. The lowest BCUT2D eigenvalue weighted by Gasteiger charge is -2.35. The quantitative estimate of drug-likeness (QED) is 0.915. The van der Waals surface area contributed by atoms with E-state index in [9.17, 15) is 9.18 Å². The van der Waals surface area contributed by atoms with Crippen LogP contribution in [0.4, 0.5) is 14.9 Å². The van der Waals surface area contributed by atoms with Crippen LogP contribution in [0.25, 0.3) is 6.08 Å². The summed E-state index contributed by atoms with van der Waals surface area (Å²) in [6, 6.07) is 13.9. The minimum Gasteiger partial charge on any atom is -0.496 e. The third-order valence-corrected chi connectivity index (χ3v) is 4.37. The highest BCUT2D eigenvalue weighted by molar-refractivity contribution is 5.76. The summed E-state index contributed by atoms with van der Waals surface area (Å²) in [5.41, 5.74) is 1.87. The molecule has 1 aliphatic rings. The molecule has 1 N–H and O–H groups in total.